The topological polar surface area (TPSA) is 38.5 Å². The Bertz CT molecular complexity index is 361. The smallest absolute Gasteiger partial charge is 0.387 e. The fourth-order valence-electron chi connectivity index (χ4n) is 1.74. The lowest BCUT2D eigenvalue weighted by atomic mass is 10.1. The monoisotopic (exact) mass is 258 g/mol. The van der Waals surface area contributed by atoms with Crippen molar-refractivity contribution in [3.8, 4) is 5.75 Å². The zero-order chi connectivity index (χ0) is 13.5. The summed E-state index contributed by atoms with van der Waals surface area (Å²) in [6.07, 6.45) is 0.911. The molecule has 0 aliphatic rings. The van der Waals surface area contributed by atoms with Gasteiger partial charge in [-0.1, -0.05) is 12.1 Å². The molecule has 0 spiro atoms. The van der Waals surface area contributed by atoms with Gasteiger partial charge in [0, 0.05) is 6.04 Å². The van der Waals surface area contributed by atoms with E-state index in [1.54, 1.807) is 12.1 Å². The number of ether oxygens (including phenoxy) is 1. The van der Waals surface area contributed by atoms with Gasteiger partial charge in [-0.15, -0.1) is 0 Å². The number of rotatable bonds is 7. The minimum Gasteiger partial charge on any atom is -0.435 e. The van der Waals surface area contributed by atoms with Crippen LogP contribution in [0.5, 0.6) is 5.75 Å². The molecule has 0 bridgehead atoms. The van der Waals surface area contributed by atoms with Gasteiger partial charge in [0.2, 0.25) is 0 Å². The van der Waals surface area contributed by atoms with Gasteiger partial charge < -0.3 is 10.5 Å². The summed E-state index contributed by atoms with van der Waals surface area (Å²) in [7, 11) is 1.99. The van der Waals surface area contributed by atoms with Gasteiger partial charge in [0.05, 0.1) is 0 Å². The van der Waals surface area contributed by atoms with Gasteiger partial charge in [0.1, 0.15) is 5.75 Å². The van der Waals surface area contributed by atoms with Gasteiger partial charge in [-0.05, 0) is 51.2 Å². The van der Waals surface area contributed by atoms with Gasteiger partial charge in [-0.2, -0.15) is 8.78 Å². The first-order valence-electron chi connectivity index (χ1n) is 5.99. The molecule has 1 atom stereocenters. The molecule has 0 aliphatic heterocycles. The van der Waals surface area contributed by atoms with Crippen molar-refractivity contribution < 1.29 is 13.5 Å². The molecule has 0 radical (unpaired) electrons. The summed E-state index contributed by atoms with van der Waals surface area (Å²) in [6, 6.07) is 6.94. The second-order valence-corrected chi connectivity index (χ2v) is 4.25. The molecule has 102 valence electrons. The molecule has 18 heavy (non-hydrogen) atoms. The van der Waals surface area contributed by atoms with Crippen LogP contribution in [0, 0.1) is 0 Å². The molecule has 0 fully saturated rings. The van der Waals surface area contributed by atoms with Crippen LogP contribution in [-0.2, 0) is 0 Å². The molecule has 0 aromatic heterocycles. The quantitative estimate of drug-likeness (QED) is 0.817. The van der Waals surface area contributed by atoms with Crippen molar-refractivity contribution in [3.05, 3.63) is 29.8 Å². The predicted molar refractivity (Wildman–Crippen MR) is 67.8 cm³/mol. The highest BCUT2D eigenvalue weighted by Gasteiger charge is 2.12. The maximum Gasteiger partial charge on any atom is 0.387 e. The molecule has 3 nitrogen and oxygen atoms in total. The van der Waals surface area contributed by atoms with E-state index in [4.69, 9.17) is 5.73 Å². The van der Waals surface area contributed by atoms with E-state index in [2.05, 4.69) is 9.64 Å². The minimum atomic E-state index is -2.79. The minimum absolute atomic E-state index is 0.137. The molecule has 1 unspecified atom stereocenters. The summed E-state index contributed by atoms with van der Waals surface area (Å²) in [5, 5.41) is 0. The number of halogens is 2. The number of hydrogen-bond donors (Lipinski definition) is 1. The van der Waals surface area contributed by atoms with E-state index in [0.717, 1.165) is 18.5 Å². The van der Waals surface area contributed by atoms with Crippen molar-refractivity contribution in [2.45, 2.75) is 26.0 Å². The normalized spacial score (nSPS) is 13.1. The summed E-state index contributed by atoms with van der Waals surface area (Å²) >= 11 is 0. The Kier molecular flexibility index (Phi) is 6.01. The molecule has 2 N–H and O–H groups in total. The lowest BCUT2D eigenvalue weighted by Crippen LogP contribution is -2.25. The van der Waals surface area contributed by atoms with Crippen molar-refractivity contribution in [2.24, 2.45) is 5.73 Å². The van der Waals surface area contributed by atoms with Crippen LogP contribution in [0.3, 0.4) is 0 Å². The molecule has 1 aromatic rings. The maximum absolute atomic E-state index is 12.1. The van der Waals surface area contributed by atoms with Gasteiger partial charge in [0.25, 0.3) is 0 Å². The van der Waals surface area contributed by atoms with E-state index >= 15 is 0 Å². The van der Waals surface area contributed by atoms with Gasteiger partial charge in [-0.25, -0.2) is 0 Å². The summed E-state index contributed by atoms with van der Waals surface area (Å²) in [5.74, 6) is 0.196. The van der Waals surface area contributed by atoms with Crippen molar-refractivity contribution in [2.75, 3.05) is 20.1 Å². The zero-order valence-electron chi connectivity index (χ0n) is 10.8. The summed E-state index contributed by atoms with van der Waals surface area (Å²) in [5.41, 5.74) is 6.42. The molecule has 0 saturated heterocycles. The Morgan fingerprint density at radius 1 is 1.39 bits per heavy atom. The SMILES string of the molecule is CC(c1cccc(OC(F)F)c1)N(C)CCCN. The van der Waals surface area contributed by atoms with Crippen LogP contribution in [0.15, 0.2) is 24.3 Å². The largest absolute Gasteiger partial charge is 0.435 e. The zero-order valence-corrected chi connectivity index (χ0v) is 10.8. The maximum atomic E-state index is 12.1. The third-order valence-electron chi connectivity index (χ3n) is 2.94. The fraction of sp³-hybridized carbons (Fsp3) is 0.538. The molecule has 1 aromatic carbocycles. The van der Waals surface area contributed by atoms with E-state index in [9.17, 15) is 8.78 Å². The highest BCUT2D eigenvalue weighted by molar-refractivity contribution is 5.30. The third kappa shape index (κ3) is 4.58. The summed E-state index contributed by atoms with van der Waals surface area (Å²) in [6.45, 7) is 0.756. The Morgan fingerprint density at radius 3 is 2.72 bits per heavy atom. The Morgan fingerprint density at radius 2 is 2.11 bits per heavy atom. The van der Waals surface area contributed by atoms with E-state index < -0.39 is 6.61 Å². The van der Waals surface area contributed by atoms with Gasteiger partial charge >= 0.3 is 6.61 Å². The van der Waals surface area contributed by atoms with Crippen molar-refractivity contribution in [1.29, 1.82) is 0 Å². The number of benzene rings is 1. The van der Waals surface area contributed by atoms with E-state index in [-0.39, 0.29) is 11.8 Å². The standard InChI is InChI=1S/C13H20F2N2O/c1-10(17(2)8-4-7-16)11-5-3-6-12(9-11)18-13(14)15/h3,5-6,9-10,13H,4,7-8,16H2,1-2H3. The molecule has 0 saturated carbocycles. The van der Waals surface area contributed by atoms with Crippen LogP contribution < -0.4 is 10.5 Å². The highest BCUT2D eigenvalue weighted by Crippen LogP contribution is 2.23. The first-order chi connectivity index (χ1) is 8.54. The van der Waals surface area contributed by atoms with E-state index in [0.29, 0.717) is 6.54 Å². The van der Waals surface area contributed by atoms with E-state index in [1.165, 1.54) is 6.07 Å². The van der Waals surface area contributed by atoms with Gasteiger partial charge in [0.15, 0.2) is 0 Å². The molecular formula is C13H20F2N2O. The fourth-order valence-corrected chi connectivity index (χ4v) is 1.74. The van der Waals surface area contributed by atoms with Crippen molar-refractivity contribution in [1.82, 2.24) is 4.90 Å². The summed E-state index contributed by atoms with van der Waals surface area (Å²) < 4.78 is 28.7. The highest BCUT2D eigenvalue weighted by atomic mass is 19.3. The number of alkyl halides is 2. The lowest BCUT2D eigenvalue weighted by Gasteiger charge is -2.25. The third-order valence-corrected chi connectivity index (χ3v) is 2.94. The Balaban J connectivity index is 2.69. The molecular weight excluding hydrogens is 238 g/mol. The molecule has 0 aliphatic carbocycles. The summed E-state index contributed by atoms with van der Waals surface area (Å²) in [4.78, 5) is 2.13. The first kappa shape index (κ1) is 14.9. The van der Waals surface area contributed by atoms with Crippen LogP contribution in [0.25, 0.3) is 0 Å². The van der Waals surface area contributed by atoms with Crippen molar-refractivity contribution >= 4 is 0 Å². The predicted octanol–water partition coefficient (Wildman–Crippen LogP) is 2.63. The van der Waals surface area contributed by atoms with Crippen LogP contribution in [0.1, 0.15) is 24.9 Å². The van der Waals surface area contributed by atoms with Crippen LogP contribution >= 0.6 is 0 Å². The molecule has 5 heteroatoms. The molecule has 0 heterocycles. The number of hydrogen-bond acceptors (Lipinski definition) is 3. The second-order valence-electron chi connectivity index (χ2n) is 4.25. The van der Waals surface area contributed by atoms with Crippen molar-refractivity contribution in [3.63, 3.8) is 0 Å². The van der Waals surface area contributed by atoms with Crippen LogP contribution in [-0.4, -0.2) is 31.6 Å². The Labute approximate surface area is 107 Å². The Hall–Kier alpha value is -1.20. The van der Waals surface area contributed by atoms with Crippen LogP contribution in [0.4, 0.5) is 8.78 Å². The van der Waals surface area contributed by atoms with Gasteiger partial charge in [-0.3, -0.25) is 4.90 Å². The average Bonchev–Trinajstić information content (AvgIpc) is 2.34. The number of nitrogens with two attached hydrogens (primary N) is 1. The average molecular weight is 258 g/mol. The first-order valence-corrected chi connectivity index (χ1v) is 5.99. The molecule has 1 rings (SSSR count). The van der Waals surface area contributed by atoms with E-state index in [1.807, 2.05) is 20.0 Å². The number of nitrogens with zero attached hydrogens (tertiary/aromatic N) is 1. The second kappa shape index (κ2) is 7.28. The lowest BCUT2D eigenvalue weighted by molar-refractivity contribution is -0.0499. The van der Waals surface area contributed by atoms with Crippen LogP contribution in [0.2, 0.25) is 0 Å². The molecule has 0 amide bonds.